The summed E-state index contributed by atoms with van der Waals surface area (Å²) in [6, 6.07) is 0. The third kappa shape index (κ3) is 2.28. The molecule has 13 heavy (non-hydrogen) atoms. The summed E-state index contributed by atoms with van der Waals surface area (Å²) >= 11 is 1.57. The van der Waals surface area contributed by atoms with Gasteiger partial charge in [0.15, 0.2) is 11.6 Å². The summed E-state index contributed by atoms with van der Waals surface area (Å²) in [6.45, 7) is 1.58. The second kappa shape index (κ2) is 4.38. The van der Waals surface area contributed by atoms with Crippen LogP contribution in [0.5, 0.6) is 0 Å². The van der Waals surface area contributed by atoms with E-state index in [1.807, 2.05) is 6.26 Å². The molecule has 0 bridgehead atoms. The van der Waals surface area contributed by atoms with Crippen molar-refractivity contribution in [3.63, 3.8) is 0 Å². The highest BCUT2D eigenvalue weighted by Crippen LogP contribution is 2.14. The molecule has 0 atom stereocenters. The zero-order chi connectivity index (χ0) is 9.84. The lowest BCUT2D eigenvalue weighted by Crippen LogP contribution is -2.13. The van der Waals surface area contributed by atoms with Crippen LogP contribution in [0, 0.1) is 12.7 Å². The van der Waals surface area contributed by atoms with Crippen LogP contribution in [0.15, 0.2) is 0 Å². The summed E-state index contributed by atoms with van der Waals surface area (Å²) in [7, 11) is 0. The van der Waals surface area contributed by atoms with E-state index in [1.165, 1.54) is 0 Å². The van der Waals surface area contributed by atoms with Gasteiger partial charge in [0.25, 0.3) is 0 Å². The molecular weight excluding hydrogens is 191 g/mol. The fourth-order valence-corrected chi connectivity index (χ4v) is 1.29. The van der Waals surface area contributed by atoms with Gasteiger partial charge in [0.05, 0.1) is 11.4 Å². The van der Waals surface area contributed by atoms with Crippen LogP contribution >= 0.6 is 11.8 Å². The number of halogens is 1. The van der Waals surface area contributed by atoms with Gasteiger partial charge >= 0.3 is 0 Å². The molecule has 0 aliphatic rings. The van der Waals surface area contributed by atoms with E-state index in [4.69, 9.17) is 5.84 Å². The molecule has 0 aromatic carbocycles. The number of rotatable bonds is 3. The quantitative estimate of drug-likeness (QED) is 0.567. The van der Waals surface area contributed by atoms with Gasteiger partial charge in [-0.2, -0.15) is 11.8 Å². The van der Waals surface area contributed by atoms with E-state index >= 15 is 0 Å². The van der Waals surface area contributed by atoms with Crippen molar-refractivity contribution in [2.24, 2.45) is 5.84 Å². The molecule has 3 N–H and O–H groups in total. The molecule has 6 heteroatoms. The predicted molar refractivity (Wildman–Crippen MR) is 51.8 cm³/mol. The largest absolute Gasteiger partial charge is 0.306 e. The third-order valence-corrected chi connectivity index (χ3v) is 2.02. The van der Waals surface area contributed by atoms with Crippen molar-refractivity contribution in [1.82, 2.24) is 9.97 Å². The Labute approximate surface area is 80.1 Å². The third-order valence-electron chi connectivity index (χ3n) is 1.47. The van der Waals surface area contributed by atoms with E-state index in [1.54, 1.807) is 18.7 Å². The Morgan fingerprint density at radius 1 is 1.54 bits per heavy atom. The van der Waals surface area contributed by atoms with Crippen LogP contribution in [0.4, 0.5) is 10.2 Å². The van der Waals surface area contributed by atoms with Crippen molar-refractivity contribution in [3.05, 3.63) is 17.3 Å². The second-order valence-electron chi connectivity index (χ2n) is 2.47. The van der Waals surface area contributed by atoms with E-state index in [-0.39, 0.29) is 5.82 Å². The van der Waals surface area contributed by atoms with Crippen molar-refractivity contribution in [1.29, 1.82) is 0 Å². The maximum Gasteiger partial charge on any atom is 0.187 e. The molecule has 0 spiro atoms. The van der Waals surface area contributed by atoms with Gasteiger partial charge in [0.2, 0.25) is 0 Å². The fourth-order valence-electron chi connectivity index (χ4n) is 0.906. The van der Waals surface area contributed by atoms with Crippen LogP contribution < -0.4 is 11.3 Å². The Balaban J connectivity index is 3.06. The number of nitrogens with two attached hydrogens (primary N) is 1. The summed E-state index contributed by atoms with van der Waals surface area (Å²) < 4.78 is 13.1. The molecule has 1 heterocycles. The van der Waals surface area contributed by atoms with Gasteiger partial charge in [-0.05, 0) is 13.2 Å². The van der Waals surface area contributed by atoms with Crippen molar-refractivity contribution >= 4 is 17.6 Å². The molecule has 1 rings (SSSR count). The molecule has 0 fully saturated rings. The standard InChI is InChI=1S/C7H11FN4S/c1-4-6(8)7(12-9)11-5(10-4)3-13-2/h3,9H2,1-2H3,(H,10,11,12). The number of nitrogens with zero attached hydrogens (tertiary/aromatic N) is 2. The van der Waals surface area contributed by atoms with Gasteiger partial charge in [-0.1, -0.05) is 0 Å². The summed E-state index contributed by atoms with van der Waals surface area (Å²) in [5.74, 6) is 5.89. The minimum Gasteiger partial charge on any atom is -0.306 e. The first-order valence-corrected chi connectivity index (χ1v) is 5.07. The topological polar surface area (TPSA) is 63.8 Å². The van der Waals surface area contributed by atoms with E-state index in [9.17, 15) is 4.39 Å². The Morgan fingerprint density at radius 3 is 2.77 bits per heavy atom. The molecule has 0 unspecified atom stereocenters. The van der Waals surface area contributed by atoms with Gasteiger partial charge in [0, 0.05) is 0 Å². The smallest absolute Gasteiger partial charge is 0.187 e. The van der Waals surface area contributed by atoms with Gasteiger partial charge in [-0.25, -0.2) is 20.2 Å². The maximum absolute atomic E-state index is 13.1. The van der Waals surface area contributed by atoms with Crippen molar-refractivity contribution in [2.75, 3.05) is 11.7 Å². The number of thioether (sulfide) groups is 1. The van der Waals surface area contributed by atoms with Crippen LogP contribution in [0.3, 0.4) is 0 Å². The maximum atomic E-state index is 13.1. The van der Waals surface area contributed by atoms with Gasteiger partial charge in [0.1, 0.15) is 5.82 Å². The molecule has 0 aliphatic heterocycles. The minimum absolute atomic E-state index is 0.0524. The zero-order valence-corrected chi connectivity index (χ0v) is 8.28. The van der Waals surface area contributed by atoms with Crippen LogP contribution in [-0.2, 0) is 5.75 Å². The first kappa shape index (κ1) is 10.2. The van der Waals surface area contributed by atoms with E-state index < -0.39 is 5.82 Å². The Morgan fingerprint density at radius 2 is 2.23 bits per heavy atom. The van der Waals surface area contributed by atoms with Crippen molar-refractivity contribution in [3.8, 4) is 0 Å². The molecule has 72 valence electrons. The molecule has 0 saturated carbocycles. The number of hydrogen-bond acceptors (Lipinski definition) is 5. The summed E-state index contributed by atoms with van der Waals surface area (Å²) in [6.07, 6.45) is 1.93. The van der Waals surface area contributed by atoms with Gasteiger partial charge in [-0.15, -0.1) is 0 Å². The number of nitrogen functional groups attached to an aromatic ring is 1. The predicted octanol–water partition coefficient (Wildman–Crippen LogP) is 1.07. The zero-order valence-electron chi connectivity index (χ0n) is 7.47. The molecule has 0 saturated heterocycles. The first-order chi connectivity index (χ1) is 6.19. The lowest BCUT2D eigenvalue weighted by molar-refractivity contribution is 0.602. The van der Waals surface area contributed by atoms with E-state index in [0.717, 1.165) is 0 Å². The van der Waals surface area contributed by atoms with Crippen LogP contribution in [0.2, 0.25) is 0 Å². The summed E-state index contributed by atoms with van der Waals surface area (Å²) in [5, 5.41) is 0. The summed E-state index contributed by atoms with van der Waals surface area (Å²) in [4.78, 5) is 7.87. The van der Waals surface area contributed by atoms with Gasteiger partial charge in [-0.3, -0.25) is 0 Å². The molecule has 0 amide bonds. The molecule has 0 aliphatic carbocycles. The molecule has 4 nitrogen and oxygen atoms in total. The second-order valence-corrected chi connectivity index (χ2v) is 3.33. The Bertz CT molecular complexity index is 305. The summed E-state index contributed by atoms with van der Waals surface area (Å²) in [5.41, 5.74) is 2.51. The number of anilines is 1. The lowest BCUT2D eigenvalue weighted by Gasteiger charge is -2.05. The van der Waals surface area contributed by atoms with E-state index in [0.29, 0.717) is 17.3 Å². The van der Waals surface area contributed by atoms with Crippen LogP contribution in [0.25, 0.3) is 0 Å². The SMILES string of the molecule is CSCc1nc(C)c(F)c(NN)n1. The Kier molecular flexibility index (Phi) is 3.44. The fraction of sp³-hybridized carbons (Fsp3) is 0.429. The molecular formula is C7H11FN4S. The van der Waals surface area contributed by atoms with Crippen LogP contribution in [-0.4, -0.2) is 16.2 Å². The Hall–Kier alpha value is -0.880. The van der Waals surface area contributed by atoms with Crippen molar-refractivity contribution in [2.45, 2.75) is 12.7 Å². The highest BCUT2D eigenvalue weighted by Gasteiger charge is 2.09. The normalized spacial score (nSPS) is 10.2. The monoisotopic (exact) mass is 202 g/mol. The molecule has 0 radical (unpaired) electrons. The minimum atomic E-state index is -0.493. The van der Waals surface area contributed by atoms with Crippen LogP contribution in [0.1, 0.15) is 11.5 Å². The number of hydrazine groups is 1. The highest BCUT2D eigenvalue weighted by atomic mass is 32.2. The van der Waals surface area contributed by atoms with Gasteiger partial charge < -0.3 is 5.43 Å². The number of aryl methyl sites for hydroxylation is 1. The number of nitrogens with one attached hydrogen (secondary N) is 1. The average molecular weight is 202 g/mol. The number of aromatic nitrogens is 2. The van der Waals surface area contributed by atoms with Crippen molar-refractivity contribution < 1.29 is 4.39 Å². The average Bonchev–Trinajstić information content (AvgIpc) is 2.11. The number of hydrogen-bond donors (Lipinski definition) is 2. The molecule has 1 aromatic heterocycles. The lowest BCUT2D eigenvalue weighted by atomic mass is 10.4. The highest BCUT2D eigenvalue weighted by molar-refractivity contribution is 7.97. The molecule has 1 aromatic rings. The van der Waals surface area contributed by atoms with E-state index in [2.05, 4.69) is 15.4 Å². The first-order valence-electron chi connectivity index (χ1n) is 3.67.